The van der Waals surface area contributed by atoms with Crippen LogP contribution in [0.4, 0.5) is 5.69 Å². The molecular weight excluding hydrogens is 422 g/mol. The van der Waals surface area contributed by atoms with Gasteiger partial charge in [0.1, 0.15) is 12.4 Å². The minimum absolute atomic E-state index is 0.0864. The van der Waals surface area contributed by atoms with Crippen molar-refractivity contribution < 1.29 is 9.53 Å². The van der Waals surface area contributed by atoms with E-state index >= 15 is 0 Å². The maximum atomic E-state index is 12.7. The third-order valence-corrected chi connectivity index (χ3v) is 6.18. The third kappa shape index (κ3) is 5.82. The van der Waals surface area contributed by atoms with Gasteiger partial charge < -0.3 is 15.9 Å². The summed E-state index contributed by atoms with van der Waals surface area (Å²) in [5.74, 6) is 7.24. The SMILES string of the molecule is Cc1ccc(C)c(NC(=O)C(C)Sc2nnc(COc3ccc(C(C)(C)C)cc3)n2N)c1. The second kappa shape index (κ2) is 9.65. The van der Waals surface area contributed by atoms with Gasteiger partial charge in [0.05, 0.1) is 5.25 Å². The minimum Gasteiger partial charge on any atom is -0.486 e. The molecule has 1 aromatic heterocycles. The molecule has 2 aromatic carbocycles. The fourth-order valence-electron chi connectivity index (χ4n) is 3.00. The molecule has 1 heterocycles. The van der Waals surface area contributed by atoms with E-state index in [2.05, 4.69) is 48.4 Å². The third-order valence-electron chi connectivity index (χ3n) is 5.13. The summed E-state index contributed by atoms with van der Waals surface area (Å²) >= 11 is 1.25. The predicted molar refractivity (Wildman–Crippen MR) is 130 cm³/mol. The maximum Gasteiger partial charge on any atom is 0.237 e. The highest BCUT2D eigenvalue weighted by Crippen LogP contribution is 2.26. The molecule has 0 bridgehead atoms. The fraction of sp³-hybridized carbons (Fsp3) is 0.375. The van der Waals surface area contributed by atoms with Gasteiger partial charge in [-0.3, -0.25) is 4.79 Å². The number of carbonyl (C=O) groups is 1. The van der Waals surface area contributed by atoms with Crippen molar-refractivity contribution in [3.8, 4) is 5.75 Å². The number of nitrogens with zero attached hydrogens (tertiary/aromatic N) is 3. The first kappa shape index (κ1) is 23.7. The monoisotopic (exact) mass is 453 g/mol. The Morgan fingerprint density at radius 2 is 1.84 bits per heavy atom. The van der Waals surface area contributed by atoms with Crippen LogP contribution in [0.2, 0.25) is 0 Å². The van der Waals surface area contributed by atoms with Crippen LogP contribution in [0.15, 0.2) is 47.6 Å². The number of nitrogens with one attached hydrogen (secondary N) is 1. The summed E-state index contributed by atoms with van der Waals surface area (Å²) < 4.78 is 7.19. The van der Waals surface area contributed by atoms with E-state index in [9.17, 15) is 4.79 Å². The van der Waals surface area contributed by atoms with Crippen LogP contribution in [0.25, 0.3) is 0 Å². The highest BCUT2D eigenvalue weighted by molar-refractivity contribution is 8.00. The van der Waals surface area contributed by atoms with Crippen LogP contribution in [0.5, 0.6) is 5.75 Å². The van der Waals surface area contributed by atoms with Gasteiger partial charge in [0.15, 0.2) is 5.82 Å². The van der Waals surface area contributed by atoms with E-state index in [1.807, 2.05) is 51.1 Å². The summed E-state index contributed by atoms with van der Waals surface area (Å²) in [5.41, 5.74) is 4.23. The number of anilines is 1. The number of benzene rings is 2. The first-order valence-corrected chi connectivity index (χ1v) is 11.4. The summed E-state index contributed by atoms with van der Waals surface area (Å²) in [4.78, 5) is 12.7. The number of carbonyl (C=O) groups excluding carboxylic acids is 1. The van der Waals surface area contributed by atoms with Gasteiger partial charge in [-0.15, -0.1) is 10.2 Å². The van der Waals surface area contributed by atoms with Crippen molar-refractivity contribution in [1.82, 2.24) is 14.9 Å². The molecule has 0 aliphatic rings. The first-order chi connectivity index (χ1) is 15.0. The van der Waals surface area contributed by atoms with Crippen molar-refractivity contribution in [3.05, 3.63) is 65.0 Å². The van der Waals surface area contributed by atoms with Crippen molar-refractivity contribution in [2.75, 3.05) is 11.2 Å². The van der Waals surface area contributed by atoms with E-state index in [1.165, 1.54) is 22.0 Å². The van der Waals surface area contributed by atoms with Crippen molar-refractivity contribution in [2.24, 2.45) is 0 Å². The Kier molecular flexibility index (Phi) is 7.13. The van der Waals surface area contributed by atoms with E-state index in [1.54, 1.807) is 0 Å². The largest absolute Gasteiger partial charge is 0.486 e. The Morgan fingerprint density at radius 1 is 1.16 bits per heavy atom. The van der Waals surface area contributed by atoms with Gasteiger partial charge in [0.25, 0.3) is 0 Å². The molecule has 32 heavy (non-hydrogen) atoms. The molecule has 1 amide bonds. The minimum atomic E-state index is -0.403. The predicted octanol–water partition coefficient (Wildman–Crippen LogP) is 4.60. The molecule has 0 spiro atoms. The average molecular weight is 454 g/mol. The van der Waals surface area contributed by atoms with Gasteiger partial charge in [-0.2, -0.15) is 0 Å². The van der Waals surface area contributed by atoms with Crippen LogP contribution in [0, 0.1) is 13.8 Å². The quantitative estimate of drug-likeness (QED) is 0.401. The Morgan fingerprint density at radius 3 is 2.50 bits per heavy atom. The lowest BCUT2D eigenvalue weighted by Gasteiger charge is -2.19. The van der Waals surface area contributed by atoms with Crippen molar-refractivity contribution in [2.45, 2.75) is 64.0 Å². The summed E-state index contributed by atoms with van der Waals surface area (Å²) in [7, 11) is 0. The summed E-state index contributed by atoms with van der Waals surface area (Å²) in [6, 6.07) is 13.9. The number of nitrogens with two attached hydrogens (primary N) is 1. The highest BCUT2D eigenvalue weighted by atomic mass is 32.2. The van der Waals surface area contributed by atoms with E-state index in [-0.39, 0.29) is 17.9 Å². The Labute approximate surface area is 193 Å². The average Bonchev–Trinajstić information content (AvgIpc) is 3.08. The van der Waals surface area contributed by atoms with Gasteiger partial charge in [-0.1, -0.05) is 56.8 Å². The van der Waals surface area contributed by atoms with Gasteiger partial charge >= 0.3 is 0 Å². The Balaban J connectivity index is 1.59. The van der Waals surface area contributed by atoms with E-state index < -0.39 is 5.25 Å². The molecule has 0 saturated heterocycles. The topological polar surface area (TPSA) is 95.1 Å². The molecule has 7 nitrogen and oxygen atoms in total. The Hall–Kier alpha value is -3.00. The molecule has 170 valence electrons. The fourth-order valence-corrected chi connectivity index (χ4v) is 3.79. The number of amides is 1. The van der Waals surface area contributed by atoms with Gasteiger partial charge in [-0.05, 0) is 61.1 Å². The molecule has 0 saturated carbocycles. The van der Waals surface area contributed by atoms with Gasteiger partial charge in [-0.25, -0.2) is 4.68 Å². The zero-order valence-corrected chi connectivity index (χ0v) is 20.3. The van der Waals surface area contributed by atoms with Crippen LogP contribution >= 0.6 is 11.8 Å². The number of ether oxygens (including phenoxy) is 1. The van der Waals surface area contributed by atoms with Crippen LogP contribution in [0.3, 0.4) is 0 Å². The lowest BCUT2D eigenvalue weighted by Crippen LogP contribution is -2.24. The molecule has 1 atom stereocenters. The van der Waals surface area contributed by atoms with Crippen molar-refractivity contribution in [3.63, 3.8) is 0 Å². The number of hydrogen-bond acceptors (Lipinski definition) is 6. The number of nitrogen functional groups attached to an aromatic ring is 1. The summed E-state index contributed by atoms with van der Waals surface area (Å²) in [6.07, 6.45) is 0. The number of aryl methyl sites for hydroxylation is 2. The van der Waals surface area contributed by atoms with E-state index in [4.69, 9.17) is 10.6 Å². The number of aromatic nitrogens is 3. The molecule has 1 unspecified atom stereocenters. The summed E-state index contributed by atoms with van der Waals surface area (Å²) in [6.45, 7) is 12.5. The lowest BCUT2D eigenvalue weighted by atomic mass is 9.87. The number of thioether (sulfide) groups is 1. The summed E-state index contributed by atoms with van der Waals surface area (Å²) in [5, 5.41) is 11.3. The normalized spacial score (nSPS) is 12.4. The van der Waals surface area contributed by atoms with E-state index in [0.717, 1.165) is 22.6 Å². The second-order valence-electron chi connectivity index (χ2n) is 8.90. The molecule has 3 aromatic rings. The molecule has 3 rings (SSSR count). The molecule has 3 N–H and O–H groups in total. The van der Waals surface area contributed by atoms with Crippen molar-refractivity contribution >= 4 is 23.4 Å². The molecular formula is C24H31N5O2S. The zero-order valence-electron chi connectivity index (χ0n) is 19.5. The second-order valence-corrected chi connectivity index (χ2v) is 10.2. The molecule has 0 fully saturated rings. The van der Waals surface area contributed by atoms with Crippen LogP contribution in [-0.4, -0.2) is 26.0 Å². The van der Waals surface area contributed by atoms with Crippen LogP contribution in [-0.2, 0) is 16.8 Å². The zero-order chi connectivity index (χ0) is 23.5. The van der Waals surface area contributed by atoms with Crippen molar-refractivity contribution in [1.29, 1.82) is 0 Å². The highest BCUT2D eigenvalue weighted by Gasteiger charge is 2.20. The standard InChI is InChI=1S/C24H31N5O2S/c1-15-7-8-16(2)20(13-15)26-22(30)17(3)32-23-28-27-21(29(23)25)14-31-19-11-9-18(10-12-19)24(4,5)6/h7-13,17H,14,25H2,1-6H3,(H,26,30). The Bertz CT molecular complexity index is 1090. The molecule has 0 radical (unpaired) electrons. The van der Waals surface area contributed by atoms with Gasteiger partial charge in [0.2, 0.25) is 11.1 Å². The smallest absolute Gasteiger partial charge is 0.237 e. The number of hydrogen-bond donors (Lipinski definition) is 2. The number of rotatable bonds is 7. The lowest BCUT2D eigenvalue weighted by molar-refractivity contribution is -0.115. The molecule has 0 aliphatic heterocycles. The first-order valence-electron chi connectivity index (χ1n) is 10.5. The van der Waals surface area contributed by atoms with Crippen LogP contribution < -0.4 is 15.9 Å². The maximum absolute atomic E-state index is 12.7. The van der Waals surface area contributed by atoms with Crippen LogP contribution in [0.1, 0.15) is 50.2 Å². The van der Waals surface area contributed by atoms with E-state index in [0.29, 0.717) is 11.0 Å². The molecule has 0 aliphatic carbocycles. The van der Waals surface area contributed by atoms with Gasteiger partial charge in [0, 0.05) is 5.69 Å². The molecule has 8 heteroatoms.